The fourth-order valence-corrected chi connectivity index (χ4v) is 3.55. The van der Waals surface area contributed by atoms with E-state index in [4.69, 9.17) is 0 Å². The van der Waals surface area contributed by atoms with Gasteiger partial charge in [-0.05, 0) is 43.4 Å². The summed E-state index contributed by atoms with van der Waals surface area (Å²) in [5.74, 6) is 0.188. The number of fused-ring (bicyclic) bond motifs is 1. The second-order valence-corrected chi connectivity index (χ2v) is 6.59. The van der Waals surface area contributed by atoms with Crippen LogP contribution in [0, 0.1) is 0 Å². The molecule has 0 spiro atoms. The number of carbonyl (C=O) groups is 1. The molecule has 0 amide bonds. The number of imidazole rings is 1. The summed E-state index contributed by atoms with van der Waals surface area (Å²) in [6.07, 6.45) is 7.13. The molecule has 1 heterocycles. The number of thioether (sulfide) groups is 1. The first kappa shape index (κ1) is 13.4. The van der Waals surface area contributed by atoms with E-state index in [1.54, 1.807) is 6.20 Å². The number of nitrogens with zero attached hydrogens (tertiary/aromatic N) is 2. The Kier molecular flexibility index (Phi) is 3.66. The van der Waals surface area contributed by atoms with Crippen molar-refractivity contribution in [3.8, 4) is 0 Å². The summed E-state index contributed by atoms with van der Waals surface area (Å²) in [6.45, 7) is 1.95. The Morgan fingerprint density at radius 3 is 2.90 bits per heavy atom. The van der Waals surface area contributed by atoms with Crippen LogP contribution in [0.25, 0.3) is 0 Å². The van der Waals surface area contributed by atoms with Crippen molar-refractivity contribution in [1.82, 2.24) is 9.55 Å². The van der Waals surface area contributed by atoms with Crippen LogP contribution < -0.4 is 0 Å². The number of hydrogen-bond acceptors (Lipinski definition) is 3. The molecule has 0 fully saturated rings. The molecule has 2 aromatic rings. The van der Waals surface area contributed by atoms with Gasteiger partial charge in [-0.1, -0.05) is 23.9 Å². The molecule has 0 N–H and O–H groups in total. The Balaban J connectivity index is 1.76. The Bertz CT molecular complexity index is 648. The highest BCUT2D eigenvalue weighted by atomic mass is 32.2. The van der Waals surface area contributed by atoms with Crippen molar-refractivity contribution >= 4 is 17.5 Å². The average molecular weight is 286 g/mol. The Labute approximate surface area is 123 Å². The molecule has 1 aromatic carbocycles. The summed E-state index contributed by atoms with van der Waals surface area (Å²) < 4.78 is 1.94. The Morgan fingerprint density at radius 1 is 1.35 bits per heavy atom. The molecule has 0 radical (unpaired) electrons. The monoisotopic (exact) mass is 286 g/mol. The molecular weight excluding hydrogens is 268 g/mol. The highest BCUT2D eigenvalue weighted by molar-refractivity contribution is 8.00. The first-order valence-corrected chi connectivity index (χ1v) is 7.83. The molecule has 1 aliphatic rings. The van der Waals surface area contributed by atoms with Crippen molar-refractivity contribution in [2.45, 2.75) is 36.6 Å². The number of ketones is 1. The normalized spacial score (nSPS) is 15.1. The smallest absolute Gasteiger partial charge is 0.176 e. The van der Waals surface area contributed by atoms with E-state index in [1.807, 2.05) is 30.8 Å². The largest absolute Gasteiger partial charge is 0.329 e. The summed E-state index contributed by atoms with van der Waals surface area (Å²) in [5, 5.41) is 0.766. The van der Waals surface area contributed by atoms with E-state index >= 15 is 0 Å². The third-order valence-corrected chi connectivity index (χ3v) is 4.98. The van der Waals surface area contributed by atoms with Crippen LogP contribution in [-0.4, -0.2) is 20.6 Å². The molecule has 3 nitrogen and oxygen atoms in total. The van der Waals surface area contributed by atoms with Gasteiger partial charge in [-0.2, -0.15) is 0 Å². The van der Waals surface area contributed by atoms with E-state index in [0.29, 0.717) is 0 Å². The highest BCUT2D eigenvalue weighted by Crippen LogP contribution is 2.27. The zero-order chi connectivity index (χ0) is 14.1. The zero-order valence-corrected chi connectivity index (χ0v) is 12.6. The van der Waals surface area contributed by atoms with Crippen LogP contribution in [0.3, 0.4) is 0 Å². The Hall–Kier alpha value is -1.55. The first-order chi connectivity index (χ1) is 9.65. The van der Waals surface area contributed by atoms with E-state index in [2.05, 4.69) is 17.1 Å². The second-order valence-electron chi connectivity index (χ2n) is 5.28. The molecule has 4 heteroatoms. The fourth-order valence-electron chi connectivity index (χ4n) is 2.64. The van der Waals surface area contributed by atoms with E-state index in [1.165, 1.54) is 29.3 Å². The summed E-state index contributed by atoms with van der Waals surface area (Å²) in [6, 6.07) is 6.18. The van der Waals surface area contributed by atoms with Crippen molar-refractivity contribution in [2.24, 2.45) is 7.05 Å². The molecule has 0 saturated heterocycles. The molecule has 1 atom stereocenters. The van der Waals surface area contributed by atoms with Crippen molar-refractivity contribution in [3.63, 3.8) is 0 Å². The van der Waals surface area contributed by atoms with Gasteiger partial charge in [0.25, 0.3) is 0 Å². The van der Waals surface area contributed by atoms with Gasteiger partial charge in [-0.3, -0.25) is 4.79 Å². The van der Waals surface area contributed by atoms with Crippen LogP contribution in [0.4, 0.5) is 0 Å². The van der Waals surface area contributed by atoms with Crippen LogP contribution in [0.1, 0.15) is 34.8 Å². The zero-order valence-electron chi connectivity index (χ0n) is 11.8. The third-order valence-electron chi connectivity index (χ3n) is 3.81. The van der Waals surface area contributed by atoms with E-state index in [9.17, 15) is 4.79 Å². The highest BCUT2D eigenvalue weighted by Gasteiger charge is 2.20. The Morgan fingerprint density at radius 2 is 2.15 bits per heavy atom. The van der Waals surface area contributed by atoms with Gasteiger partial charge in [0, 0.05) is 25.0 Å². The lowest BCUT2D eigenvalue weighted by molar-refractivity contribution is 0.0994. The van der Waals surface area contributed by atoms with Gasteiger partial charge in [0.1, 0.15) is 0 Å². The van der Waals surface area contributed by atoms with Gasteiger partial charge in [0.15, 0.2) is 10.9 Å². The molecule has 104 valence electrons. The van der Waals surface area contributed by atoms with Crippen LogP contribution >= 0.6 is 11.8 Å². The summed E-state index contributed by atoms with van der Waals surface area (Å²) in [5.41, 5.74) is 3.59. The minimum absolute atomic E-state index is 0.115. The number of hydrogen-bond donors (Lipinski definition) is 0. The molecule has 1 aromatic heterocycles. The van der Waals surface area contributed by atoms with E-state index in [0.717, 1.165) is 23.6 Å². The number of aryl methyl sites for hydroxylation is 3. The van der Waals surface area contributed by atoms with Crippen molar-refractivity contribution in [2.75, 3.05) is 0 Å². The molecule has 3 rings (SSSR count). The van der Waals surface area contributed by atoms with Crippen LogP contribution in [0.15, 0.2) is 35.7 Å². The lowest BCUT2D eigenvalue weighted by Crippen LogP contribution is -2.14. The van der Waals surface area contributed by atoms with Crippen LogP contribution in [0.5, 0.6) is 0 Å². The standard InChI is InChI=1S/C16H18N2OS/c1-11(20-16-17-8-9-18(16)2)15(19)14-7-6-12-4-3-5-13(12)10-14/h6-11H,3-5H2,1-2H3. The van der Waals surface area contributed by atoms with Gasteiger partial charge in [0.2, 0.25) is 0 Å². The predicted molar refractivity (Wildman–Crippen MR) is 81.3 cm³/mol. The number of benzene rings is 1. The van der Waals surface area contributed by atoms with Crippen LogP contribution in [-0.2, 0) is 19.9 Å². The van der Waals surface area contributed by atoms with Gasteiger partial charge in [-0.15, -0.1) is 0 Å². The average Bonchev–Trinajstić information content (AvgIpc) is 3.06. The summed E-state index contributed by atoms with van der Waals surface area (Å²) in [4.78, 5) is 16.8. The fraction of sp³-hybridized carbons (Fsp3) is 0.375. The minimum Gasteiger partial charge on any atom is -0.329 e. The van der Waals surface area contributed by atoms with Gasteiger partial charge < -0.3 is 4.57 Å². The third kappa shape index (κ3) is 2.52. The number of aromatic nitrogens is 2. The van der Waals surface area contributed by atoms with Gasteiger partial charge in [0.05, 0.1) is 5.25 Å². The number of rotatable bonds is 4. The van der Waals surface area contributed by atoms with Crippen LogP contribution in [0.2, 0.25) is 0 Å². The van der Waals surface area contributed by atoms with Crippen molar-refractivity contribution in [1.29, 1.82) is 0 Å². The van der Waals surface area contributed by atoms with E-state index in [-0.39, 0.29) is 11.0 Å². The maximum absolute atomic E-state index is 12.5. The first-order valence-electron chi connectivity index (χ1n) is 6.95. The maximum atomic E-state index is 12.5. The lowest BCUT2D eigenvalue weighted by Gasteiger charge is -2.11. The van der Waals surface area contributed by atoms with E-state index < -0.39 is 0 Å². The summed E-state index contributed by atoms with van der Waals surface area (Å²) in [7, 11) is 1.95. The predicted octanol–water partition coefficient (Wildman–Crippen LogP) is 3.27. The summed E-state index contributed by atoms with van der Waals surface area (Å²) >= 11 is 1.52. The molecule has 0 saturated carbocycles. The number of carbonyl (C=O) groups excluding carboxylic acids is 1. The van der Waals surface area contributed by atoms with Crippen molar-refractivity contribution in [3.05, 3.63) is 47.3 Å². The minimum atomic E-state index is -0.115. The van der Waals surface area contributed by atoms with Crippen molar-refractivity contribution < 1.29 is 4.79 Å². The molecule has 1 aliphatic carbocycles. The maximum Gasteiger partial charge on any atom is 0.176 e. The number of Topliss-reactive ketones (excluding diaryl/α,β-unsaturated/α-hetero) is 1. The molecule has 0 aliphatic heterocycles. The molecule has 1 unspecified atom stereocenters. The topological polar surface area (TPSA) is 34.9 Å². The quantitative estimate of drug-likeness (QED) is 0.639. The SMILES string of the molecule is CC(Sc1nccn1C)C(=O)c1ccc2c(c1)CCC2. The molecular formula is C16H18N2OS. The molecule has 20 heavy (non-hydrogen) atoms. The van der Waals surface area contributed by atoms with Gasteiger partial charge in [-0.25, -0.2) is 4.98 Å². The van der Waals surface area contributed by atoms with Gasteiger partial charge >= 0.3 is 0 Å². The molecule has 0 bridgehead atoms. The second kappa shape index (κ2) is 5.44. The lowest BCUT2D eigenvalue weighted by atomic mass is 10.0.